The summed E-state index contributed by atoms with van der Waals surface area (Å²) in [4.78, 5) is 18.1. The summed E-state index contributed by atoms with van der Waals surface area (Å²) in [6, 6.07) is 1.36. The second-order valence-corrected chi connectivity index (χ2v) is 2.99. The van der Waals surface area contributed by atoms with Crippen LogP contribution in [0.2, 0.25) is 0 Å². The smallest absolute Gasteiger partial charge is 0.354 e. The molecule has 0 aliphatic heterocycles. The third-order valence-corrected chi connectivity index (χ3v) is 1.66. The van der Waals surface area contributed by atoms with E-state index in [2.05, 4.69) is 9.97 Å². The first kappa shape index (κ1) is 12.4. The normalized spacial score (nSPS) is 10.1. The number of hydrogen-bond acceptors (Lipinski definition) is 5. The van der Waals surface area contributed by atoms with Gasteiger partial charge < -0.3 is 14.6 Å². The van der Waals surface area contributed by atoms with Gasteiger partial charge in [0.25, 0.3) is 0 Å². The van der Waals surface area contributed by atoms with Crippen LogP contribution >= 0.6 is 0 Å². The third-order valence-electron chi connectivity index (χ3n) is 1.66. The van der Waals surface area contributed by atoms with Gasteiger partial charge >= 0.3 is 12.0 Å². The number of carbonyl (C=O) groups is 1. The molecule has 1 aromatic rings. The molecule has 0 radical (unpaired) electrons. The Balaban J connectivity index is 2.36. The zero-order chi connectivity index (χ0) is 11.8. The molecule has 1 aromatic heterocycles. The van der Waals surface area contributed by atoms with Gasteiger partial charge in [0.1, 0.15) is 6.61 Å². The quantitative estimate of drug-likeness (QED) is 0.698. The maximum absolute atomic E-state index is 10.6. The van der Waals surface area contributed by atoms with Gasteiger partial charge in [0.2, 0.25) is 0 Å². The van der Waals surface area contributed by atoms with Crippen LogP contribution < -0.4 is 4.74 Å². The van der Waals surface area contributed by atoms with E-state index in [4.69, 9.17) is 14.6 Å². The summed E-state index contributed by atoms with van der Waals surface area (Å²) >= 11 is 0. The number of aromatic carboxylic acids is 1. The van der Waals surface area contributed by atoms with E-state index in [9.17, 15) is 4.79 Å². The molecule has 0 atom stereocenters. The van der Waals surface area contributed by atoms with E-state index in [1.54, 1.807) is 0 Å². The second kappa shape index (κ2) is 6.73. The van der Waals surface area contributed by atoms with E-state index in [0.29, 0.717) is 19.8 Å². The van der Waals surface area contributed by atoms with Crippen molar-refractivity contribution in [3.8, 4) is 6.01 Å². The van der Waals surface area contributed by atoms with Crippen LogP contribution in [0.1, 0.15) is 23.8 Å². The summed E-state index contributed by atoms with van der Waals surface area (Å²) in [5.41, 5.74) is -0.0838. The number of aromatic nitrogens is 2. The minimum absolute atomic E-state index is 0.0556. The highest BCUT2D eigenvalue weighted by atomic mass is 16.5. The van der Waals surface area contributed by atoms with Crippen LogP contribution in [0.5, 0.6) is 6.01 Å². The van der Waals surface area contributed by atoms with Crippen molar-refractivity contribution in [3.63, 3.8) is 0 Å². The van der Waals surface area contributed by atoms with E-state index >= 15 is 0 Å². The first-order valence-corrected chi connectivity index (χ1v) is 5.01. The monoisotopic (exact) mass is 226 g/mol. The van der Waals surface area contributed by atoms with Crippen molar-refractivity contribution in [2.75, 3.05) is 19.8 Å². The average molecular weight is 226 g/mol. The molecule has 0 aromatic carbocycles. The minimum atomic E-state index is -1.10. The molecule has 0 bridgehead atoms. The molecule has 0 aliphatic rings. The van der Waals surface area contributed by atoms with Crippen molar-refractivity contribution >= 4 is 5.97 Å². The van der Waals surface area contributed by atoms with Crippen LogP contribution in [0.4, 0.5) is 0 Å². The Morgan fingerprint density at radius 1 is 1.44 bits per heavy atom. The minimum Gasteiger partial charge on any atom is -0.477 e. The van der Waals surface area contributed by atoms with Gasteiger partial charge in [-0.15, -0.1) is 0 Å². The first-order chi connectivity index (χ1) is 7.74. The summed E-state index contributed by atoms with van der Waals surface area (Å²) in [5.74, 6) is -1.10. The molecule has 16 heavy (non-hydrogen) atoms. The van der Waals surface area contributed by atoms with Crippen LogP contribution in [-0.4, -0.2) is 40.9 Å². The molecular formula is C10H14N2O4. The van der Waals surface area contributed by atoms with Crippen molar-refractivity contribution < 1.29 is 19.4 Å². The molecule has 0 spiro atoms. The molecule has 88 valence electrons. The summed E-state index contributed by atoms with van der Waals surface area (Å²) in [7, 11) is 0. The molecule has 0 fully saturated rings. The Bertz CT molecular complexity index is 343. The fraction of sp³-hybridized carbons (Fsp3) is 0.500. The third kappa shape index (κ3) is 4.22. The fourth-order valence-electron chi connectivity index (χ4n) is 0.968. The largest absolute Gasteiger partial charge is 0.477 e. The van der Waals surface area contributed by atoms with E-state index < -0.39 is 5.97 Å². The Morgan fingerprint density at radius 3 is 2.94 bits per heavy atom. The zero-order valence-electron chi connectivity index (χ0n) is 9.05. The van der Waals surface area contributed by atoms with Crippen molar-refractivity contribution in [2.24, 2.45) is 0 Å². The second-order valence-electron chi connectivity index (χ2n) is 2.99. The van der Waals surface area contributed by atoms with E-state index in [-0.39, 0.29) is 11.7 Å². The Hall–Kier alpha value is -1.69. The molecule has 0 aliphatic carbocycles. The van der Waals surface area contributed by atoms with Gasteiger partial charge in [-0.3, -0.25) is 0 Å². The highest BCUT2D eigenvalue weighted by Crippen LogP contribution is 2.02. The van der Waals surface area contributed by atoms with Crippen molar-refractivity contribution in [3.05, 3.63) is 18.0 Å². The lowest BCUT2D eigenvalue weighted by molar-refractivity contribution is 0.0687. The number of carboxylic acid groups (broad SMARTS) is 1. The standard InChI is InChI=1S/C10H14N2O4/c1-2-5-15-6-7-16-10-11-4-3-8(12-10)9(13)14/h3-4H,2,5-7H2,1H3,(H,13,14). The molecule has 0 amide bonds. The van der Waals surface area contributed by atoms with Crippen LogP contribution in [0, 0.1) is 0 Å². The average Bonchev–Trinajstić information content (AvgIpc) is 2.29. The maximum Gasteiger partial charge on any atom is 0.354 e. The Labute approximate surface area is 93.2 Å². The molecule has 0 saturated carbocycles. The van der Waals surface area contributed by atoms with Crippen LogP contribution in [0.3, 0.4) is 0 Å². The summed E-state index contributed by atoms with van der Waals surface area (Å²) in [6.45, 7) is 3.44. The van der Waals surface area contributed by atoms with Gasteiger partial charge in [-0.05, 0) is 12.5 Å². The number of carboxylic acids is 1. The molecule has 6 heteroatoms. The van der Waals surface area contributed by atoms with Gasteiger partial charge in [0.15, 0.2) is 5.69 Å². The SMILES string of the molecule is CCCOCCOc1nccc(C(=O)O)n1. The van der Waals surface area contributed by atoms with E-state index in [1.165, 1.54) is 12.3 Å². The van der Waals surface area contributed by atoms with Crippen LogP contribution in [-0.2, 0) is 4.74 Å². The molecule has 6 nitrogen and oxygen atoms in total. The predicted molar refractivity (Wildman–Crippen MR) is 55.6 cm³/mol. The van der Waals surface area contributed by atoms with Crippen molar-refractivity contribution in [1.82, 2.24) is 9.97 Å². The Morgan fingerprint density at radius 2 is 2.25 bits per heavy atom. The van der Waals surface area contributed by atoms with Gasteiger partial charge in [0, 0.05) is 12.8 Å². The topological polar surface area (TPSA) is 81.5 Å². The molecule has 0 saturated heterocycles. The van der Waals surface area contributed by atoms with Crippen LogP contribution in [0.25, 0.3) is 0 Å². The van der Waals surface area contributed by atoms with E-state index in [0.717, 1.165) is 6.42 Å². The molecule has 0 unspecified atom stereocenters. The summed E-state index contributed by atoms with van der Waals surface area (Å²) in [5, 5.41) is 8.68. The lowest BCUT2D eigenvalue weighted by Crippen LogP contribution is -2.10. The summed E-state index contributed by atoms with van der Waals surface area (Å²) < 4.78 is 10.3. The van der Waals surface area contributed by atoms with E-state index in [1.807, 2.05) is 6.92 Å². The molecule has 1 N–H and O–H groups in total. The maximum atomic E-state index is 10.6. The van der Waals surface area contributed by atoms with Crippen molar-refractivity contribution in [1.29, 1.82) is 0 Å². The lowest BCUT2D eigenvalue weighted by Gasteiger charge is -2.04. The lowest BCUT2D eigenvalue weighted by atomic mass is 10.4. The van der Waals surface area contributed by atoms with Gasteiger partial charge in [0.05, 0.1) is 6.61 Å². The van der Waals surface area contributed by atoms with Crippen molar-refractivity contribution in [2.45, 2.75) is 13.3 Å². The number of ether oxygens (including phenoxy) is 2. The summed E-state index contributed by atoms with van der Waals surface area (Å²) in [6.07, 6.45) is 2.30. The zero-order valence-corrected chi connectivity index (χ0v) is 9.05. The predicted octanol–water partition coefficient (Wildman–Crippen LogP) is 0.980. The highest BCUT2D eigenvalue weighted by molar-refractivity contribution is 5.85. The van der Waals surface area contributed by atoms with Gasteiger partial charge in [-0.2, -0.15) is 4.98 Å². The van der Waals surface area contributed by atoms with Gasteiger partial charge in [-0.25, -0.2) is 9.78 Å². The van der Waals surface area contributed by atoms with Gasteiger partial charge in [-0.1, -0.05) is 6.92 Å². The first-order valence-electron chi connectivity index (χ1n) is 5.01. The fourth-order valence-corrected chi connectivity index (χ4v) is 0.968. The number of rotatable bonds is 7. The Kier molecular flexibility index (Phi) is 5.21. The molecular weight excluding hydrogens is 212 g/mol. The highest BCUT2D eigenvalue weighted by Gasteiger charge is 2.06. The molecule has 1 heterocycles. The number of hydrogen-bond donors (Lipinski definition) is 1. The van der Waals surface area contributed by atoms with Crippen LogP contribution in [0.15, 0.2) is 12.3 Å². The molecule has 1 rings (SSSR count). The number of nitrogens with zero attached hydrogens (tertiary/aromatic N) is 2.